The molecule has 152 valence electrons. The number of carbonyl (C=O) groups excluding carboxylic acids is 1. The predicted octanol–water partition coefficient (Wildman–Crippen LogP) is 3.91. The number of nitrogens with one attached hydrogen (secondary N) is 1. The molecule has 28 heavy (non-hydrogen) atoms. The molecule has 2 rings (SSSR count). The summed E-state index contributed by atoms with van der Waals surface area (Å²) in [5.41, 5.74) is 0.619. The van der Waals surface area contributed by atoms with Gasteiger partial charge in [0, 0.05) is 25.0 Å². The first-order chi connectivity index (χ1) is 13.1. The fourth-order valence-corrected chi connectivity index (χ4v) is 2.61. The van der Waals surface area contributed by atoms with Crippen LogP contribution >= 0.6 is 11.6 Å². The van der Waals surface area contributed by atoms with Crippen molar-refractivity contribution in [1.82, 2.24) is 24.8 Å². The Kier molecular flexibility index (Phi) is 7.01. The number of aromatic nitrogens is 4. The molecule has 8 nitrogen and oxygen atoms in total. The molecular weight excluding hydrogens is 382 g/mol. The van der Waals surface area contributed by atoms with Gasteiger partial charge in [-0.3, -0.25) is 0 Å². The highest BCUT2D eigenvalue weighted by Crippen LogP contribution is 2.22. The molecule has 1 amide bonds. The maximum atomic E-state index is 12.0. The number of ether oxygens (including phenoxy) is 2. The Morgan fingerprint density at radius 2 is 2.07 bits per heavy atom. The summed E-state index contributed by atoms with van der Waals surface area (Å²) in [5, 5.41) is 2.95. The van der Waals surface area contributed by atoms with Crippen molar-refractivity contribution in [3.8, 4) is 11.4 Å². The van der Waals surface area contributed by atoms with Gasteiger partial charge in [-0.15, -0.1) is 0 Å². The van der Waals surface area contributed by atoms with E-state index >= 15 is 0 Å². The molecule has 2 aromatic rings. The molecule has 2 heterocycles. The van der Waals surface area contributed by atoms with Crippen LogP contribution < -0.4 is 5.32 Å². The third-order valence-electron chi connectivity index (χ3n) is 3.47. The second kappa shape index (κ2) is 9.05. The fourth-order valence-electron chi connectivity index (χ4n) is 2.47. The van der Waals surface area contributed by atoms with Crippen molar-refractivity contribution in [2.45, 2.75) is 52.8 Å². The van der Waals surface area contributed by atoms with Crippen molar-refractivity contribution in [1.29, 1.82) is 0 Å². The van der Waals surface area contributed by atoms with E-state index in [4.69, 9.17) is 21.1 Å². The number of rotatable bonds is 7. The van der Waals surface area contributed by atoms with Crippen LogP contribution in [0.5, 0.6) is 0 Å². The van der Waals surface area contributed by atoms with Crippen molar-refractivity contribution >= 4 is 23.5 Å². The third kappa shape index (κ3) is 6.23. The van der Waals surface area contributed by atoms with Gasteiger partial charge in [-0.1, -0.05) is 6.58 Å². The second-order valence-electron chi connectivity index (χ2n) is 7.22. The SMILES string of the molecule is C=C(OCC)c1nc(-c2ccnc(Cl)n2)cn1C[C@H](C)NC(=O)OC(C)(C)C. The molecule has 1 N–H and O–H groups in total. The van der Waals surface area contributed by atoms with Crippen LogP contribution in [0.3, 0.4) is 0 Å². The molecule has 0 bridgehead atoms. The largest absolute Gasteiger partial charge is 0.491 e. The van der Waals surface area contributed by atoms with Gasteiger partial charge in [0.2, 0.25) is 5.28 Å². The Balaban J connectivity index is 2.23. The van der Waals surface area contributed by atoms with E-state index in [-0.39, 0.29) is 11.3 Å². The van der Waals surface area contributed by atoms with Gasteiger partial charge < -0.3 is 19.4 Å². The van der Waals surface area contributed by atoms with Gasteiger partial charge in [-0.05, 0) is 52.3 Å². The van der Waals surface area contributed by atoms with Crippen LogP contribution in [0.25, 0.3) is 17.1 Å². The highest BCUT2D eigenvalue weighted by Gasteiger charge is 2.20. The molecule has 0 spiro atoms. The molecule has 0 aliphatic carbocycles. The standard InChI is InChI=1S/C19H26ClN5O3/c1-7-27-13(3)16-23-15(14-8-9-21-17(20)24-14)11-25(16)10-12(2)22-18(26)28-19(4,5)6/h8-9,11-12H,3,7,10H2,1-2,4-6H3,(H,22,26)/t12-/m0/s1. The lowest BCUT2D eigenvalue weighted by Gasteiger charge is -2.22. The molecule has 0 saturated heterocycles. The average Bonchev–Trinajstić information content (AvgIpc) is 2.97. The number of hydrogen-bond acceptors (Lipinski definition) is 6. The molecule has 9 heteroatoms. The van der Waals surface area contributed by atoms with Crippen LogP contribution in [-0.2, 0) is 16.0 Å². The molecule has 2 aromatic heterocycles. The Bertz CT molecular complexity index is 844. The molecule has 0 aromatic carbocycles. The molecule has 0 fully saturated rings. The summed E-state index contributed by atoms with van der Waals surface area (Å²) in [7, 11) is 0. The predicted molar refractivity (Wildman–Crippen MR) is 108 cm³/mol. The highest BCUT2D eigenvalue weighted by atomic mass is 35.5. The van der Waals surface area contributed by atoms with Crippen LogP contribution in [0.1, 0.15) is 40.4 Å². The van der Waals surface area contributed by atoms with Gasteiger partial charge in [0.25, 0.3) is 0 Å². The van der Waals surface area contributed by atoms with Crippen molar-refractivity contribution in [2.24, 2.45) is 0 Å². The number of carbonyl (C=O) groups is 1. The number of amides is 1. The summed E-state index contributed by atoms with van der Waals surface area (Å²) in [6, 6.07) is 1.49. The van der Waals surface area contributed by atoms with E-state index in [1.807, 2.05) is 45.4 Å². The second-order valence-corrected chi connectivity index (χ2v) is 7.55. The van der Waals surface area contributed by atoms with Gasteiger partial charge in [0.1, 0.15) is 11.3 Å². The Labute approximate surface area is 169 Å². The molecule has 0 aliphatic heterocycles. The van der Waals surface area contributed by atoms with E-state index in [1.54, 1.807) is 12.3 Å². The summed E-state index contributed by atoms with van der Waals surface area (Å²) in [4.78, 5) is 24.7. The summed E-state index contributed by atoms with van der Waals surface area (Å²) >= 11 is 5.89. The first kappa shape index (κ1) is 21.7. The van der Waals surface area contributed by atoms with Crippen LogP contribution in [0.4, 0.5) is 4.79 Å². The van der Waals surface area contributed by atoms with Gasteiger partial charge >= 0.3 is 6.09 Å². The van der Waals surface area contributed by atoms with Gasteiger partial charge in [0.15, 0.2) is 11.6 Å². The van der Waals surface area contributed by atoms with Crippen LogP contribution in [0.2, 0.25) is 5.28 Å². The number of nitrogens with zero attached hydrogens (tertiary/aromatic N) is 4. The number of halogens is 1. The Morgan fingerprint density at radius 1 is 1.36 bits per heavy atom. The minimum absolute atomic E-state index is 0.136. The lowest BCUT2D eigenvalue weighted by Crippen LogP contribution is -2.39. The van der Waals surface area contributed by atoms with E-state index in [2.05, 4.69) is 26.8 Å². The van der Waals surface area contributed by atoms with Crippen molar-refractivity contribution in [3.05, 3.63) is 36.1 Å². The van der Waals surface area contributed by atoms with E-state index in [0.717, 1.165) is 0 Å². The van der Waals surface area contributed by atoms with Crippen molar-refractivity contribution < 1.29 is 14.3 Å². The summed E-state index contributed by atoms with van der Waals surface area (Å²) in [6.07, 6.45) is 2.90. The molecule has 1 atom stereocenters. The quantitative estimate of drug-likeness (QED) is 0.552. The van der Waals surface area contributed by atoms with Gasteiger partial charge in [0.05, 0.1) is 12.3 Å². The third-order valence-corrected chi connectivity index (χ3v) is 3.65. The van der Waals surface area contributed by atoms with E-state index in [0.29, 0.717) is 36.1 Å². The first-order valence-electron chi connectivity index (χ1n) is 8.96. The van der Waals surface area contributed by atoms with Crippen LogP contribution in [-0.4, -0.2) is 43.9 Å². The lowest BCUT2D eigenvalue weighted by molar-refractivity contribution is 0.0504. The average molecular weight is 408 g/mol. The van der Waals surface area contributed by atoms with Crippen LogP contribution in [0.15, 0.2) is 25.0 Å². The monoisotopic (exact) mass is 407 g/mol. The van der Waals surface area contributed by atoms with Gasteiger partial charge in [-0.25, -0.2) is 19.7 Å². The zero-order chi connectivity index (χ0) is 20.9. The summed E-state index contributed by atoms with van der Waals surface area (Å²) in [6.45, 7) is 14.0. The fraction of sp³-hybridized carbons (Fsp3) is 0.474. The highest BCUT2D eigenvalue weighted by molar-refractivity contribution is 6.28. The van der Waals surface area contributed by atoms with Gasteiger partial charge in [-0.2, -0.15) is 0 Å². The van der Waals surface area contributed by atoms with Crippen molar-refractivity contribution in [2.75, 3.05) is 6.61 Å². The molecular formula is C19H26ClN5O3. The lowest BCUT2D eigenvalue weighted by atomic mass is 10.2. The normalized spacial score (nSPS) is 12.4. The Hall–Kier alpha value is -2.61. The van der Waals surface area contributed by atoms with Crippen LogP contribution in [0, 0.1) is 0 Å². The molecule has 0 saturated carbocycles. The maximum absolute atomic E-state index is 12.0. The topological polar surface area (TPSA) is 91.2 Å². The van der Waals surface area contributed by atoms with E-state index < -0.39 is 11.7 Å². The molecule has 0 radical (unpaired) electrons. The number of alkyl carbamates (subject to hydrolysis) is 1. The zero-order valence-electron chi connectivity index (χ0n) is 16.8. The van der Waals surface area contributed by atoms with E-state index in [9.17, 15) is 4.79 Å². The summed E-state index contributed by atoms with van der Waals surface area (Å²) < 4.78 is 12.7. The molecule has 0 aliphatic rings. The Morgan fingerprint density at radius 3 is 2.68 bits per heavy atom. The van der Waals surface area contributed by atoms with Crippen molar-refractivity contribution in [3.63, 3.8) is 0 Å². The first-order valence-corrected chi connectivity index (χ1v) is 9.34. The minimum atomic E-state index is -0.563. The smallest absolute Gasteiger partial charge is 0.407 e. The minimum Gasteiger partial charge on any atom is -0.491 e. The van der Waals surface area contributed by atoms with E-state index in [1.165, 1.54) is 0 Å². The molecule has 0 unspecified atom stereocenters. The summed E-state index contributed by atoms with van der Waals surface area (Å²) in [5.74, 6) is 0.975. The maximum Gasteiger partial charge on any atom is 0.407 e. The number of imidazole rings is 1. The zero-order valence-corrected chi connectivity index (χ0v) is 17.6. The number of hydrogen-bond donors (Lipinski definition) is 1.